The number of rotatable bonds is 6. The van der Waals surface area contributed by atoms with Crippen molar-refractivity contribution in [1.82, 2.24) is 9.97 Å². The Morgan fingerprint density at radius 2 is 2.26 bits per heavy atom. The van der Waals surface area contributed by atoms with Crippen LogP contribution < -0.4 is 11.5 Å². The molecule has 2 aromatic rings. The third-order valence-corrected chi connectivity index (χ3v) is 5.16. The second-order valence-electron chi connectivity index (χ2n) is 7.16. The van der Waals surface area contributed by atoms with Gasteiger partial charge in [-0.05, 0) is 37.0 Å². The van der Waals surface area contributed by atoms with Crippen LogP contribution >= 0.6 is 0 Å². The van der Waals surface area contributed by atoms with Crippen LogP contribution in [0.3, 0.4) is 0 Å². The number of aromatic nitrogens is 2. The molecule has 0 radical (unpaired) electrons. The number of allylic oxidation sites excluding steroid dienone is 1. The van der Waals surface area contributed by atoms with Crippen LogP contribution in [0.1, 0.15) is 31.0 Å². The number of nitrogens with zero attached hydrogens (tertiary/aromatic N) is 3. The highest BCUT2D eigenvalue weighted by Gasteiger charge is 2.35. The van der Waals surface area contributed by atoms with Crippen molar-refractivity contribution >= 4 is 29.2 Å². The van der Waals surface area contributed by atoms with Gasteiger partial charge < -0.3 is 21.6 Å². The standard InChI is InChI=1S/C21H24FN7O2/c1-2-11-5-3-6-14(16(11)21(30)31)28-20(15-7-4-8-26-15)29-19(25)17(23)13-9-12(22)10-27-18(13)24/h3-5,7-11,14,16,23,26H,2,6H2,1H3,(H2,24,27)(H,30,31)(H2,25,28,29)/t11-,14-,16-/m0/s1. The minimum Gasteiger partial charge on any atom is -0.481 e. The highest BCUT2D eigenvalue weighted by atomic mass is 19.1. The second kappa shape index (κ2) is 9.33. The van der Waals surface area contributed by atoms with E-state index in [1.807, 2.05) is 19.1 Å². The fourth-order valence-corrected chi connectivity index (χ4v) is 3.56. The fourth-order valence-electron chi connectivity index (χ4n) is 3.56. The Kier molecular flexibility index (Phi) is 6.58. The molecular formula is C21H24FN7O2. The Labute approximate surface area is 178 Å². The lowest BCUT2D eigenvalue weighted by Gasteiger charge is -2.29. The number of nitrogens with two attached hydrogens (primary N) is 2. The Bertz CT molecular complexity index is 1060. The maximum Gasteiger partial charge on any atom is 0.309 e. The average Bonchev–Trinajstić information content (AvgIpc) is 3.28. The zero-order valence-electron chi connectivity index (χ0n) is 16.9. The highest BCUT2D eigenvalue weighted by molar-refractivity contribution is 6.48. The van der Waals surface area contributed by atoms with Gasteiger partial charge in [-0.3, -0.25) is 15.2 Å². The summed E-state index contributed by atoms with van der Waals surface area (Å²) in [5.41, 5.74) is 12.0. The van der Waals surface area contributed by atoms with Crippen molar-refractivity contribution in [3.05, 3.63) is 59.8 Å². The monoisotopic (exact) mass is 425 g/mol. The third kappa shape index (κ3) is 4.85. The summed E-state index contributed by atoms with van der Waals surface area (Å²) in [6.45, 7) is 1.93. The molecule has 0 fully saturated rings. The molecule has 3 atom stereocenters. The number of nitrogen functional groups attached to an aromatic ring is 1. The van der Waals surface area contributed by atoms with Gasteiger partial charge in [-0.1, -0.05) is 19.1 Å². The van der Waals surface area contributed by atoms with E-state index >= 15 is 0 Å². The number of carboxylic acid groups (broad SMARTS) is 1. The first kappa shape index (κ1) is 21.9. The van der Waals surface area contributed by atoms with E-state index in [9.17, 15) is 14.3 Å². The van der Waals surface area contributed by atoms with Gasteiger partial charge in [0.1, 0.15) is 17.3 Å². The first-order valence-corrected chi connectivity index (χ1v) is 9.77. The van der Waals surface area contributed by atoms with E-state index in [0.717, 1.165) is 12.3 Å². The molecule has 2 heterocycles. The van der Waals surface area contributed by atoms with Crippen LogP contribution in [-0.4, -0.2) is 44.5 Å². The van der Waals surface area contributed by atoms with Crippen molar-refractivity contribution < 1.29 is 14.3 Å². The number of aliphatic carboxylic acids is 1. The molecule has 31 heavy (non-hydrogen) atoms. The normalized spacial score (nSPS) is 21.8. The quantitative estimate of drug-likeness (QED) is 0.272. The maximum atomic E-state index is 13.6. The smallest absolute Gasteiger partial charge is 0.309 e. The molecule has 10 heteroatoms. The molecule has 0 saturated heterocycles. The van der Waals surface area contributed by atoms with E-state index in [1.165, 1.54) is 0 Å². The molecule has 0 aromatic carbocycles. The van der Waals surface area contributed by atoms with Crippen molar-refractivity contribution in [3.8, 4) is 0 Å². The first-order valence-electron chi connectivity index (χ1n) is 9.77. The number of halogens is 1. The molecular weight excluding hydrogens is 401 g/mol. The van der Waals surface area contributed by atoms with Crippen LogP contribution in [0.25, 0.3) is 0 Å². The summed E-state index contributed by atoms with van der Waals surface area (Å²) in [5.74, 6) is -2.61. The van der Waals surface area contributed by atoms with Crippen LogP contribution in [0.5, 0.6) is 0 Å². The Balaban J connectivity index is 2.02. The zero-order chi connectivity index (χ0) is 22.5. The van der Waals surface area contributed by atoms with Gasteiger partial charge in [0.15, 0.2) is 11.7 Å². The number of H-pyrrole nitrogens is 1. The predicted octanol–water partition coefficient (Wildman–Crippen LogP) is 2.36. The van der Waals surface area contributed by atoms with Crippen molar-refractivity contribution in [2.45, 2.75) is 25.8 Å². The molecule has 9 nitrogen and oxygen atoms in total. The van der Waals surface area contributed by atoms with Crippen molar-refractivity contribution in [3.63, 3.8) is 0 Å². The second-order valence-corrected chi connectivity index (χ2v) is 7.16. The summed E-state index contributed by atoms with van der Waals surface area (Å²) in [4.78, 5) is 27.5. The highest BCUT2D eigenvalue weighted by Crippen LogP contribution is 2.30. The predicted molar refractivity (Wildman–Crippen MR) is 117 cm³/mol. The van der Waals surface area contributed by atoms with Gasteiger partial charge in [-0.15, -0.1) is 0 Å². The van der Waals surface area contributed by atoms with E-state index in [4.69, 9.17) is 16.9 Å². The van der Waals surface area contributed by atoms with Gasteiger partial charge in [0.2, 0.25) is 0 Å². The Morgan fingerprint density at radius 3 is 2.90 bits per heavy atom. The molecule has 2 aromatic heterocycles. The van der Waals surface area contributed by atoms with E-state index in [1.54, 1.807) is 18.3 Å². The summed E-state index contributed by atoms with van der Waals surface area (Å²) >= 11 is 0. The number of pyridine rings is 1. The van der Waals surface area contributed by atoms with Gasteiger partial charge in [0, 0.05) is 11.8 Å². The lowest BCUT2D eigenvalue weighted by molar-refractivity contribution is -0.144. The van der Waals surface area contributed by atoms with E-state index < -0.39 is 23.7 Å². The Morgan fingerprint density at radius 1 is 1.48 bits per heavy atom. The van der Waals surface area contributed by atoms with E-state index in [0.29, 0.717) is 18.5 Å². The molecule has 1 aliphatic carbocycles. The largest absolute Gasteiger partial charge is 0.481 e. The van der Waals surface area contributed by atoms with Gasteiger partial charge in [0.05, 0.1) is 23.9 Å². The molecule has 0 amide bonds. The summed E-state index contributed by atoms with van der Waals surface area (Å²) < 4.78 is 13.6. The molecule has 0 aliphatic heterocycles. The van der Waals surface area contributed by atoms with E-state index in [2.05, 4.69) is 20.0 Å². The number of aliphatic imine (C=N–C) groups is 2. The summed E-state index contributed by atoms with van der Waals surface area (Å²) in [5, 5.41) is 18.0. The van der Waals surface area contributed by atoms with Gasteiger partial charge in [0.25, 0.3) is 0 Å². The van der Waals surface area contributed by atoms with Crippen molar-refractivity contribution in [2.24, 2.45) is 27.6 Å². The van der Waals surface area contributed by atoms with Gasteiger partial charge in [-0.25, -0.2) is 14.4 Å². The lowest BCUT2D eigenvalue weighted by atomic mass is 9.79. The number of hydrogen-bond acceptors (Lipinski definition) is 5. The SMILES string of the molecule is CC[C@H]1C=CC[C@H](N=C(N=C(N)C(=N)c2cc(F)cnc2N)c2ccc[nH]2)[C@H]1C(=O)O. The average molecular weight is 425 g/mol. The third-order valence-electron chi connectivity index (χ3n) is 5.16. The summed E-state index contributed by atoms with van der Waals surface area (Å²) in [6.07, 6.45) is 7.54. The zero-order valence-corrected chi connectivity index (χ0v) is 16.9. The fraction of sp³-hybridized carbons (Fsp3) is 0.286. The number of nitrogens with one attached hydrogen (secondary N) is 2. The lowest BCUT2D eigenvalue weighted by Crippen LogP contribution is -2.35. The number of hydrogen-bond donors (Lipinski definition) is 5. The minimum atomic E-state index is -0.931. The molecule has 0 bridgehead atoms. The number of amidine groups is 2. The van der Waals surface area contributed by atoms with Gasteiger partial charge in [-0.2, -0.15) is 0 Å². The summed E-state index contributed by atoms with van der Waals surface area (Å²) in [6, 6.07) is 3.94. The molecule has 0 saturated carbocycles. The topological polar surface area (TPSA) is 167 Å². The van der Waals surface area contributed by atoms with Crippen LogP contribution in [0.15, 0.2) is 52.7 Å². The van der Waals surface area contributed by atoms with Crippen molar-refractivity contribution in [2.75, 3.05) is 5.73 Å². The van der Waals surface area contributed by atoms with E-state index in [-0.39, 0.29) is 34.7 Å². The number of carboxylic acids is 1. The first-order chi connectivity index (χ1) is 14.8. The van der Waals surface area contributed by atoms with Crippen LogP contribution in [0, 0.1) is 23.1 Å². The maximum absolute atomic E-state index is 13.6. The van der Waals surface area contributed by atoms with Gasteiger partial charge >= 0.3 is 5.97 Å². The molecule has 0 unspecified atom stereocenters. The number of aromatic amines is 1. The molecule has 1 aliphatic rings. The van der Waals surface area contributed by atoms with Crippen LogP contribution in [0.2, 0.25) is 0 Å². The molecule has 3 rings (SSSR count). The Hall–Kier alpha value is -3.82. The van der Waals surface area contributed by atoms with Crippen LogP contribution in [-0.2, 0) is 4.79 Å². The molecule has 7 N–H and O–H groups in total. The van der Waals surface area contributed by atoms with Crippen molar-refractivity contribution in [1.29, 1.82) is 5.41 Å². The number of carbonyl (C=O) groups is 1. The molecule has 162 valence electrons. The molecule has 0 spiro atoms. The summed E-state index contributed by atoms with van der Waals surface area (Å²) in [7, 11) is 0. The minimum absolute atomic E-state index is 0.00199. The van der Waals surface area contributed by atoms with Crippen LogP contribution in [0.4, 0.5) is 10.2 Å². The number of anilines is 1.